The molecule has 0 saturated carbocycles. The summed E-state index contributed by atoms with van der Waals surface area (Å²) in [4.78, 5) is 17.6. The van der Waals surface area contributed by atoms with Gasteiger partial charge < -0.3 is 15.2 Å². The fourth-order valence-corrected chi connectivity index (χ4v) is 2.12. The number of H-pyrrole nitrogens is 1. The van der Waals surface area contributed by atoms with Crippen LogP contribution >= 0.6 is 22.6 Å². The van der Waals surface area contributed by atoms with Crippen molar-refractivity contribution in [2.75, 3.05) is 0 Å². The standard InChI is InChI=1S/C9H7IN2O3/c10-4-1-2-5-7(12-3-11-5)6(4)8(13)9(14)15/h1-3,8,13H,(H,11,12)(H,14,15). The van der Waals surface area contributed by atoms with Crippen LogP contribution in [0.5, 0.6) is 0 Å². The van der Waals surface area contributed by atoms with Gasteiger partial charge in [-0.3, -0.25) is 0 Å². The maximum Gasteiger partial charge on any atom is 0.337 e. The van der Waals surface area contributed by atoms with Crippen LogP contribution in [0.25, 0.3) is 11.0 Å². The van der Waals surface area contributed by atoms with Crippen LogP contribution in [0.3, 0.4) is 0 Å². The Hall–Kier alpha value is -1.15. The third-order valence-corrected chi connectivity index (χ3v) is 3.03. The van der Waals surface area contributed by atoms with Crippen LogP contribution in [0.15, 0.2) is 18.5 Å². The number of aromatic nitrogens is 2. The number of carbonyl (C=O) groups is 1. The first-order valence-corrected chi connectivity index (χ1v) is 5.21. The third kappa shape index (κ3) is 1.70. The van der Waals surface area contributed by atoms with Crippen LogP contribution in [-0.4, -0.2) is 26.2 Å². The van der Waals surface area contributed by atoms with Crippen LogP contribution in [0.2, 0.25) is 0 Å². The van der Waals surface area contributed by atoms with E-state index in [9.17, 15) is 9.90 Å². The van der Waals surface area contributed by atoms with Crippen molar-refractivity contribution in [2.45, 2.75) is 6.10 Å². The van der Waals surface area contributed by atoms with Crippen molar-refractivity contribution in [2.24, 2.45) is 0 Å². The lowest BCUT2D eigenvalue weighted by Gasteiger charge is -2.08. The number of nitrogens with one attached hydrogen (secondary N) is 1. The second-order valence-electron chi connectivity index (χ2n) is 3.00. The van der Waals surface area contributed by atoms with Crippen molar-refractivity contribution in [1.82, 2.24) is 9.97 Å². The Bertz CT molecular complexity index is 523. The highest BCUT2D eigenvalue weighted by atomic mass is 127. The van der Waals surface area contributed by atoms with Crippen molar-refractivity contribution >= 4 is 39.6 Å². The van der Waals surface area contributed by atoms with Gasteiger partial charge in [0.1, 0.15) is 0 Å². The first kappa shape index (κ1) is 10.4. The lowest BCUT2D eigenvalue weighted by molar-refractivity contribution is -0.146. The maximum atomic E-state index is 10.7. The van der Waals surface area contributed by atoms with Crippen LogP contribution < -0.4 is 0 Å². The van der Waals surface area contributed by atoms with Crippen molar-refractivity contribution < 1.29 is 15.0 Å². The van der Waals surface area contributed by atoms with Gasteiger partial charge in [-0.25, -0.2) is 9.78 Å². The SMILES string of the molecule is O=C(O)C(O)c1c(I)ccc2[nH]cnc12. The van der Waals surface area contributed by atoms with E-state index in [0.717, 1.165) is 0 Å². The number of imidazole rings is 1. The molecule has 15 heavy (non-hydrogen) atoms. The van der Waals surface area contributed by atoms with E-state index in [1.807, 2.05) is 22.6 Å². The number of aliphatic carboxylic acids is 1. The Labute approximate surface area is 98.3 Å². The van der Waals surface area contributed by atoms with E-state index in [-0.39, 0.29) is 0 Å². The minimum Gasteiger partial charge on any atom is -0.479 e. The quantitative estimate of drug-likeness (QED) is 0.728. The molecule has 1 heterocycles. The van der Waals surface area contributed by atoms with Gasteiger partial charge in [-0.15, -0.1) is 0 Å². The summed E-state index contributed by atoms with van der Waals surface area (Å²) in [7, 11) is 0. The Morgan fingerprint density at radius 2 is 2.27 bits per heavy atom. The average Bonchev–Trinajstić information content (AvgIpc) is 2.64. The Balaban J connectivity index is 2.71. The molecule has 0 saturated heterocycles. The number of nitrogens with zero attached hydrogens (tertiary/aromatic N) is 1. The topological polar surface area (TPSA) is 86.2 Å². The molecule has 1 unspecified atom stereocenters. The molecule has 0 spiro atoms. The molecule has 2 rings (SSSR count). The lowest BCUT2D eigenvalue weighted by Crippen LogP contribution is -2.12. The highest BCUT2D eigenvalue weighted by molar-refractivity contribution is 14.1. The van der Waals surface area contributed by atoms with Gasteiger partial charge >= 0.3 is 5.97 Å². The summed E-state index contributed by atoms with van der Waals surface area (Å²) in [5, 5.41) is 18.3. The third-order valence-electron chi connectivity index (χ3n) is 2.08. The van der Waals surface area contributed by atoms with E-state index < -0.39 is 12.1 Å². The molecule has 1 aromatic carbocycles. The highest BCUT2D eigenvalue weighted by Crippen LogP contribution is 2.27. The first-order chi connectivity index (χ1) is 7.11. The normalized spacial score (nSPS) is 12.9. The van der Waals surface area contributed by atoms with Gasteiger partial charge in [0.25, 0.3) is 0 Å². The second-order valence-corrected chi connectivity index (χ2v) is 4.16. The molecule has 0 bridgehead atoms. The molecule has 2 aromatic rings. The van der Waals surface area contributed by atoms with Gasteiger partial charge in [-0.2, -0.15) is 0 Å². The molecule has 0 aliphatic heterocycles. The highest BCUT2D eigenvalue weighted by Gasteiger charge is 2.22. The number of carboxylic acids is 1. The van der Waals surface area contributed by atoms with Gasteiger partial charge in [0.15, 0.2) is 6.10 Å². The number of aliphatic hydroxyl groups is 1. The van der Waals surface area contributed by atoms with Crippen LogP contribution in [0, 0.1) is 3.57 Å². The summed E-state index contributed by atoms with van der Waals surface area (Å²) in [6.45, 7) is 0. The van der Waals surface area contributed by atoms with Gasteiger partial charge in [0.05, 0.1) is 17.4 Å². The van der Waals surface area contributed by atoms with E-state index in [2.05, 4.69) is 9.97 Å². The summed E-state index contributed by atoms with van der Waals surface area (Å²) in [5.41, 5.74) is 1.55. The fourth-order valence-electron chi connectivity index (χ4n) is 1.39. The van der Waals surface area contributed by atoms with Crippen molar-refractivity contribution in [3.63, 3.8) is 0 Å². The van der Waals surface area contributed by atoms with E-state index in [1.165, 1.54) is 6.33 Å². The fraction of sp³-hybridized carbons (Fsp3) is 0.111. The van der Waals surface area contributed by atoms with Gasteiger partial charge in [0, 0.05) is 9.13 Å². The van der Waals surface area contributed by atoms with Crippen molar-refractivity contribution in [3.05, 3.63) is 27.6 Å². The van der Waals surface area contributed by atoms with Crippen LogP contribution in [0.1, 0.15) is 11.7 Å². The summed E-state index contributed by atoms with van der Waals surface area (Å²) in [6, 6.07) is 3.53. The number of rotatable bonds is 2. The molecular weight excluding hydrogens is 311 g/mol. The summed E-state index contributed by atoms with van der Waals surface area (Å²) in [5.74, 6) is -1.27. The Kier molecular flexibility index (Phi) is 2.61. The number of aliphatic hydroxyl groups excluding tert-OH is 1. The number of carboxylic acid groups (broad SMARTS) is 1. The molecule has 3 N–H and O–H groups in total. The van der Waals surface area contributed by atoms with E-state index in [1.54, 1.807) is 12.1 Å². The zero-order valence-electron chi connectivity index (χ0n) is 7.44. The zero-order valence-corrected chi connectivity index (χ0v) is 9.59. The minimum absolute atomic E-state index is 0.335. The number of benzene rings is 1. The Morgan fingerprint density at radius 1 is 1.53 bits per heavy atom. The molecule has 0 aliphatic carbocycles. The van der Waals surface area contributed by atoms with Crippen molar-refractivity contribution in [1.29, 1.82) is 0 Å². The molecule has 1 atom stereocenters. The zero-order chi connectivity index (χ0) is 11.0. The number of aromatic amines is 1. The smallest absolute Gasteiger partial charge is 0.337 e. The number of fused-ring (bicyclic) bond motifs is 1. The van der Waals surface area contributed by atoms with E-state index in [0.29, 0.717) is 20.2 Å². The van der Waals surface area contributed by atoms with Crippen LogP contribution in [0.4, 0.5) is 0 Å². The second kappa shape index (κ2) is 3.78. The van der Waals surface area contributed by atoms with Gasteiger partial charge in [-0.1, -0.05) is 0 Å². The molecule has 0 amide bonds. The predicted molar refractivity (Wildman–Crippen MR) is 61.4 cm³/mol. The number of hydrogen-bond acceptors (Lipinski definition) is 3. The number of hydrogen-bond donors (Lipinski definition) is 3. The predicted octanol–water partition coefficient (Wildman–Crippen LogP) is 1.29. The van der Waals surface area contributed by atoms with Crippen LogP contribution in [-0.2, 0) is 4.79 Å². The lowest BCUT2D eigenvalue weighted by atomic mass is 10.1. The van der Waals surface area contributed by atoms with Gasteiger partial charge in [0.2, 0.25) is 0 Å². The molecule has 0 aliphatic rings. The van der Waals surface area contributed by atoms with Crippen molar-refractivity contribution in [3.8, 4) is 0 Å². The van der Waals surface area contributed by atoms with Gasteiger partial charge in [-0.05, 0) is 34.7 Å². The molecule has 5 nitrogen and oxygen atoms in total. The van der Waals surface area contributed by atoms with E-state index in [4.69, 9.17) is 5.11 Å². The first-order valence-electron chi connectivity index (χ1n) is 4.13. The summed E-state index contributed by atoms with van der Waals surface area (Å²) in [6.07, 6.45) is -0.0670. The minimum atomic E-state index is -1.54. The summed E-state index contributed by atoms with van der Waals surface area (Å²) >= 11 is 1.98. The molecule has 6 heteroatoms. The molecule has 1 aromatic heterocycles. The maximum absolute atomic E-state index is 10.7. The molecule has 0 fully saturated rings. The average molecular weight is 318 g/mol. The number of halogens is 1. The molecule has 0 radical (unpaired) electrons. The summed E-state index contributed by atoms with van der Waals surface area (Å²) < 4.78 is 0.683. The largest absolute Gasteiger partial charge is 0.479 e. The Morgan fingerprint density at radius 3 is 2.93 bits per heavy atom. The molecule has 78 valence electrons. The molecular formula is C9H7IN2O3. The monoisotopic (exact) mass is 318 g/mol. The van der Waals surface area contributed by atoms with E-state index >= 15 is 0 Å².